The fourth-order valence-electron chi connectivity index (χ4n) is 3.48. The van der Waals surface area contributed by atoms with E-state index in [0.29, 0.717) is 34.0 Å². The summed E-state index contributed by atoms with van der Waals surface area (Å²) in [5.41, 5.74) is 3.28. The van der Waals surface area contributed by atoms with E-state index in [1.54, 1.807) is 37.4 Å². The standard InChI is InChI=1S/C25H22N2O4/c1-16-9-11-18(12-10-16)27-24(28)22(17-7-5-4-6-8-17)23(25(27)29)26-20-14-13-19(30-2)15-21(20)31-3/h4-15,26H,1-3H3. The summed E-state index contributed by atoms with van der Waals surface area (Å²) in [6.45, 7) is 1.95. The van der Waals surface area contributed by atoms with Crippen molar-refractivity contribution in [3.63, 3.8) is 0 Å². The minimum absolute atomic E-state index is 0.195. The predicted octanol–water partition coefficient (Wildman–Crippen LogP) is 4.41. The Morgan fingerprint density at radius 1 is 0.806 bits per heavy atom. The van der Waals surface area contributed by atoms with E-state index >= 15 is 0 Å². The monoisotopic (exact) mass is 414 g/mol. The smallest absolute Gasteiger partial charge is 0.282 e. The lowest BCUT2D eigenvalue weighted by molar-refractivity contribution is -0.120. The molecule has 4 rings (SSSR count). The number of anilines is 2. The summed E-state index contributed by atoms with van der Waals surface area (Å²) in [5, 5.41) is 3.14. The molecule has 0 bridgehead atoms. The van der Waals surface area contributed by atoms with Crippen molar-refractivity contribution in [2.75, 3.05) is 24.4 Å². The summed E-state index contributed by atoms with van der Waals surface area (Å²) >= 11 is 0. The molecule has 0 radical (unpaired) electrons. The van der Waals surface area contributed by atoms with Crippen LogP contribution in [0.5, 0.6) is 11.5 Å². The molecule has 3 aromatic rings. The quantitative estimate of drug-likeness (QED) is 0.605. The van der Waals surface area contributed by atoms with Crippen LogP contribution in [0.2, 0.25) is 0 Å². The summed E-state index contributed by atoms with van der Waals surface area (Å²) in [7, 11) is 3.10. The number of hydrogen-bond donors (Lipinski definition) is 1. The summed E-state index contributed by atoms with van der Waals surface area (Å²) in [4.78, 5) is 28.0. The first-order valence-electron chi connectivity index (χ1n) is 9.77. The van der Waals surface area contributed by atoms with Gasteiger partial charge >= 0.3 is 0 Å². The molecule has 0 aromatic heterocycles. The SMILES string of the molecule is COc1ccc(NC2=C(c3ccccc3)C(=O)N(c3ccc(C)cc3)C2=O)c(OC)c1. The molecular formula is C25H22N2O4. The van der Waals surface area contributed by atoms with Crippen LogP contribution in [0.15, 0.2) is 78.5 Å². The Labute approximate surface area is 180 Å². The maximum absolute atomic E-state index is 13.4. The van der Waals surface area contributed by atoms with Gasteiger partial charge in [0.05, 0.1) is 31.2 Å². The van der Waals surface area contributed by atoms with E-state index in [9.17, 15) is 9.59 Å². The summed E-state index contributed by atoms with van der Waals surface area (Å²) in [5.74, 6) is 0.309. The number of nitrogens with zero attached hydrogens (tertiary/aromatic N) is 1. The summed E-state index contributed by atoms with van der Waals surface area (Å²) in [6.07, 6.45) is 0. The second-order valence-electron chi connectivity index (χ2n) is 7.09. The minimum atomic E-state index is -0.425. The maximum Gasteiger partial charge on any atom is 0.282 e. The third kappa shape index (κ3) is 3.75. The van der Waals surface area contributed by atoms with Gasteiger partial charge in [0.25, 0.3) is 11.8 Å². The maximum atomic E-state index is 13.4. The lowest BCUT2D eigenvalue weighted by atomic mass is 10.0. The minimum Gasteiger partial charge on any atom is -0.497 e. The molecular weight excluding hydrogens is 392 g/mol. The molecule has 0 aliphatic carbocycles. The highest BCUT2D eigenvalue weighted by atomic mass is 16.5. The number of ether oxygens (including phenoxy) is 2. The zero-order valence-electron chi connectivity index (χ0n) is 17.5. The van der Waals surface area contributed by atoms with Gasteiger partial charge in [-0.15, -0.1) is 0 Å². The van der Waals surface area contributed by atoms with Crippen LogP contribution in [0.25, 0.3) is 5.57 Å². The van der Waals surface area contributed by atoms with Crippen molar-refractivity contribution in [1.82, 2.24) is 0 Å². The van der Waals surface area contributed by atoms with Crippen LogP contribution in [0, 0.1) is 6.92 Å². The van der Waals surface area contributed by atoms with Crippen LogP contribution >= 0.6 is 0 Å². The molecule has 6 heteroatoms. The number of benzene rings is 3. The van der Waals surface area contributed by atoms with Crippen LogP contribution in [0.4, 0.5) is 11.4 Å². The van der Waals surface area contributed by atoms with Gasteiger partial charge in [0.15, 0.2) is 0 Å². The Hall–Kier alpha value is -4.06. The lowest BCUT2D eigenvalue weighted by Crippen LogP contribution is -2.32. The largest absolute Gasteiger partial charge is 0.497 e. The fourth-order valence-corrected chi connectivity index (χ4v) is 3.48. The molecule has 156 valence electrons. The van der Waals surface area contributed by atoms with Gasteiger partial charge in [-0.3, -0.25) is 9.59 Å². The zero-order valence-corrected chi connectivity index (χ0v) is 17.5. The van der Waals surface area contributed by atoms with Crippen molar-refractivity contribution in [2.24, 2.45) is 0 Å². The Balaban J connectivity index is 1.81. The highest BCUT2D eigenvalue weighted by Gasteiger charge is 2.40. The molecule has 0 fully saturated rings. The average Bonchev–Trinajstić information content (AvgIpc) is 3.04. The Bertz CT molecular complexity index is 1170. The summed E-state index contributed by atoms with van der Waals surface area (Å²) in [6, 6.07) is 21.7. The molecule has 1 N–H and O–H groups in total. The summed E-state index contributed by atoms with van der Waals surface area (Å²) < 4.78 is 10.7. The second kappa shape index (κ2) is 8.36. The number of nitrogens with one attached hydrogen (secondary N) is 1. The number of hydrogen-bond acceptors (Lipinski definition) is 5. The van der Waals surface area contributed by atoms with Crippen molar-refractivity contribution in [2.45, 2.75) is 6.92 Å². The molecule has 1 aliphatic heterocycles. The van der Waals surface area contributed by atoms with E-state index in [2.05, 4.69) is 5.32 Å². The average molecular weight is 414 g/mol. The molecule has 0 unspecified atom stereocenters. The number of carbonyl (C=O) groups is 2. The predicted molar refractivity (Wildman–Crippen MR) is 120 cm³/mol. The van der Waals surface area contributed by atoms with Gasteiger partial charge in [0.2, 0.25) is 0 Å². The van der Waals surface area contributed by atoms with Crippen molar-refractivity contribution in [3.05, 3.63) is 89.6 Å². The highest BCUT2D eigenvalue weighted by molar-refractivity contribution is 6.46. The first-order chi connectivity index (χ1) is 15.0. The Kier molecular flexibility index (Phi) is 5.45. The van der Waals surface area contributed by atoms with Gasteiger partial charge in [-0.1, -0.05) is 48.0 Å². The lowest BCUT2D eigenvalue weighted by Gasteiger charge is -2.16. The van der Waals surface area contributed by atoms with Crippen molar-refractivity contribution >= 4 is 28.8 Å². The zero-order chi connectivity index (χ0) is 22.0. The molecule has 0 atom stereocenters. The van der Waals surface area contributed by atoms with Crippen LogP contribution in [-0.4, -0.2) is 26.0 Å². The van der Waals surface area contributed by atoms with E-state index in [1.807, 2.05) is 49.4 Å². The number of imide groups is 1. The van der Waals surface area contributed by atoms with Gasteiger partial charge in [0.1, 0.15) is 17.2 Å². The van der Waals surface area contributed by atoms with E-state index in [0.717, 1.165) is 5.56 Å². The third-order valence-electron chi connectivity index (χ3n) is 5.11. The van der Waals surface area contributed by atoms with Gasteiger partial charge < -0.3 is 14.8 Å². The van der Waals surface area contributed by atoms with E-state index in [-0.39, 0.29) is 11.6 Å². The molecule has 31 heavy (non-hydrogen) atoms. The molecule has 0 saturated heterocycles. The number of methoxy groups -OCH3 is 2. The topological polar surface area (TPSA) is 67.9 Å². The Morgan fingerprint density at radius 2 is 1.52 bits per heavy atom. The first-order valence-corrected chi connectivity index (χ1v) is 9.77. The number of amides is 2. The van der Waals surface area contributed by atoms with Crippen molar-refractivity contribution < 1.29 is 19.1 Å². The van der Waals surface area contributed by atoms with Gasteiger partial charge in [-0.2, -0.15) is 0 Å². The molecule has 0 spiro atoms. The van der Waals surface area contributed by atoms with E-state index < -0.39 is 5.91 Å². The molecule has 3 aromatic carbocycles. The first kappa shape index (κ1) is 20.2. The molecule has 0 saturated carbocycles. The van der Waals surface area contributed by atoms with Crippen LogP contribution < -0.4 is 19.7 Å². The van der Waals surface area contributed by atoms with E-state index in [4.69, 9.17) is 9.47 Å². The highest BCUT2D eigenvalue weighted by Crippen LogP contribution is 2.36. The van der Waals surface area contributed by atoms with Gasteiger partial charge in [-0.05, 0) is 36.8 Å². The van der Waals surface area contributed by atoms with Crippen molar-refractivity contribution in [1.29, 1.82) is 0 Å². The fraction of sp³-hybridized carbons (Fsp3) is 0.120. The molecule has 2 amide bonds. The van der Waals surface area contributed by atoms with Gasteiger partial charge in [0, 0.05) is 6.07 Å². The second-order valence-corrected chi connectivity index (χ2v) is 7.09. The molecule has 1 aliphatic rings. The number of carbonyl (C=O) groups excluding carboxylic acids is 2. The molecule has 1 heterocycles. The third-order valence-corrected chi connectivity index (χ3v) is 5.11. The molecule has 6 nitrogen and oxygen atoms in total. The Morgan fingerprint density at radius 3 is 2.16 bits per heavy atom. The normalized spacial score (nSPS) is 13.6. The van der Waals surface area contributed by atoms with Crippen molar-refractivity contribution in [3.8, 4) is 11.5 Å². The van der Waals surface area contributed by atoms with Crippen LogP contribution in [-0.2, 0) is 9.59 Å². The van der Waals surface area contributed by atoms with Crippen LogP contribution in [0.1, 0.15) is 11.1 Å². The number of rotatable bonds is 6. The van der Waals surface area contributed by atoms with Crippen LogP contribution in [0.3, 0.4) is 0 Å². The number of aryl methyl sites for hydroxylation is 1. The van der Waals surface area contributed by atoms with Gasteiger partial charge in [-0.25, -0.2) is 4.90 Å². The van der Waals surface area contributed by atoms with E-state index in [1.165, 1.54) is 12.0 Å².